The minimum absolute atomic E-state index is 0.105. The smallest absolute Gasteiger partial charge is 0.223 e. The Kier molecular flexibility index (Phi) is 8.40. The molecule has 21 heavy (non-hydrogen) atoms. The molecule has 4 nitrogen and oxygen atoms in total. The normalized spacial score (nSPS) is 22.1. The van der Waals surface area contributed by atoms with Gasteiger partial charge in [-0.2, -0.15) is 0 Å². The fourth-order valence-corrected chi connectivity index (χ4v) is 2.80. The summed E-state index contributed by atoms with van der Waals surface area (Å²) in [6, 6.07) is 0. The summed E-state index contributed by atoms with van der Waals surface area (Å²) in [5.74, 6) is 1.06. The number of amides is 2. The van der Waals surface area contributed by atoms with E-state index in [-0.39, 0.29) is 23.7 Å². The van der Waals surface area contributed by atoms with Crippen molar-refractivity contribution in [1.29, 1.82) is 0 Å². The van der Waals surface area contributed by atoms with Gasteiger partial charge in [0.25, 0.3) is 0 Å². The van der Waals surface area contributed by atoms with Crippen LogP contribution >= 0.6 is 0 Å². The van der Waals surface area contributed by atoms with E-state index in [4.69, 9.17) is 0 Å². The van der Waals surface area contributed by atoms with E-state index < -0.39 is 0 Å². The predicted molar refractivity (Wildman–Crippen MR) is 85.8 cm³/mol. The van der Waals surface area contributed by atoms with Crippen LogP contribution in [0.15, 0.2) is 0 Å². The van der Waals surface area contributed by atoms with Gasteiger partial charge in [0.2, 0.25) is 11.8 Å². The highest BCUT2D eigenvalue weighted by atomic mass is 16.2. The molecule has 0 heterocycles. The van der Waals surface area contributed by atoms with E-state index in [0.29, 0.717) is 5.92 Å². The van der Waals surface area contributed by atoms with Gasteiger partial charge in [-0.05, 0) is 38.0 Å². The van der Waals surface area contributed by atoms with E-state index in [1.54, 1.807) is 0 Å². The maximum absolute atomic E-state index is 12.0. The molecule has 1 aliphatic rings. The molecule has 1 fully saturated rings. The molecular formula is C17H32N2O2. The van der Waals surface area contributed by atoms with Crippen molar-refractivity contribution in [3.8, 4) is 0 Å². The molecule has 1 aliphatic carbocycles. The first-order valence-corrected chi connectivity index (χ1v) is 8.60. The standard InChI is InChI=1S/C17H32N2O2/c1-4-5-6-11-18-16(20)14-7-9-15(10-8-14)17(21)19-12-13(2)3/h13-15H,4-12H2,1-3H3,(H,18,20)(H,19,21). The lowest BCUT2D eigenvalue weighted by atomic mass is 9.81. The van der Waals surface area contributed by atoms with Gasteiger partial charge >= 0.3 is 0 Å². The molecular weight excluding hydrogens is 264 g/mol. The summed E-state index contributed by atoms with van der Waals surface area (Å²) in [5.41, 5.74) is 0. The Balaban J connectivity index is 2.21. The van der Waals surface area contributed by atoms with Crippen LogP contribution in [0, 0.1) is 17.8 Å². The van der Waals surface area contributed by atoms with Crippen molar-refractivity contribution >= 4 is 11.8 Å². The summed E-state index contributed by atoms with van der Waals surface area (Å²) >= 11 is 0. The average Bonchev–Trinajstić information content (AvgIpc) is 2.49. The van der Waals surface area contributed by atoms with E-state index >= 15 is 0 Å². The predicted octanol–water partition coefficient (Wildman–Crippen LogP) is 2.87. The van der Waals surface area contributed by atoms with Gasteiger partial charge in [-0.15, -0.1) is 0 Å². The Bertz CT molecular complexity index is 321. The number of rotatable bonds is 8. The molecule has 0 aromatic heterocycles. The van der Waals surface area contributed by atoms with Crippen LogP contribution in [0.2, 0.25) is 0 Å². The van der Waals surface area contributed by atoms with Crippen LogP contribution in [-0.4, -0.2) is 24.9 Å². The van der Waals surface area contributed by atoms with Crippen molar-refractivity contribution in [2.24, 2.45) is 17.8 Å². The summed E-state index contributed by atoms with van der Waals surface area (Å²) in [6.07, 6.45) is 6.79. The molecule has 4 heteroatoms. The second-order valence-corrected chi connectivity index (χ2v) is 6.69. The van der Waals surface area contributed by atoms with Crippen LogP contribution < -0.4 is 10.6 Å². The maximum atomic E-state index is 12.0. The van der Waals surface area contributed by atoms with Crippen LogP contribution in [0.5, 0.6) is 0 Å². The number of nitrogens with one attached hydrogen (secondary N) is 2. The van der Waals surface area contributed by atoms with Gasteiger partial charge in [-0.1, -0.05) is 33.6 Å². The molecule has 0 aromatic rings. The lowest BCUT2D eigenvalue weighted by Gasteiger charge is -2.27. The van der Waals surface area contributed by atoms with Crippen molar-refractivity contribution < 1.29 is 9.59 Å². The number of hydrogen-bond acceptors (Lipinski definition) is 2. The Hall–Kier alpha value is -1.06. The minimum Gasteiger partial charge on any atom is -0.356 e. The molecule has 0 atom stereocenters. The molecule has 122 valence electrons. The van der Waals surface area contributed by atoms with Crippen molar-refractivity contribution in [3.63, 3.8) is 0 Å². The van der Waals surface area contributed by atoms with Crippen LogP contribution in [0.1, 0.15) is 65.7 Å². The lowest BCUT2D eigenvalue weighted by Crippen LogP contribution is -2.38. The maximum Gasteiger partial charge on any atom is 0.223 e. The van der Waals surface area contributed by atoms with Crippen molar-refractivity contribution in [1.82, 2.24) is 10.6 Å². The fourth-order valence-electron chi connectivity index (χ4n) is 2.80. The number of unbranched alkanes of at least 4 members (excludes halogenated alkanes) is 2. The van der Waals surface area contributed by atoms with E-state index in [9.17, 15) is 9.59 Å². The first-order chi connectivity index (χ1) is 10.0. The zero-order valence-electron chi connectivity index (χ0n) is 13.9. The van der Waals surface area contributed by atoms with Gasteiger partial charge in [-0.3, -0.25) is 9.59 Å². The zero-order chi connectivity index (χ0) is 15.7. The largest absolute Gasteiger partial charge is 0.356 e. The Morgan fingerprint density at radius 2 is 1.48 bits per heavy atom. The molecule has 0 bridgehead atoms. The highest BCUT2D eigenvalue weighted by Gasteiger charge is 2.29. The van der Waals surface area contributed by atoms with Crippen LogP contribution in [0.4, 0.5) is 0 Å². The summed E-state index contributed by atoms with van der Waals surface area (Å²) in [7, 11) is 0. The summed E-state index contributed by atoms with van der Waals surface area (Å²) in [5, 5.41) is 6.04. The number of carbonyl (C=O) groups is 2. The third kappa shape index (κ3) is 6.96. The molecule has 0 aromatic carbocycles. The molecule has 1 saturated carbocycles. The summed E-state index contributed by atoms with van der Waals surface area (Å²) in [4.78, 5) is 24.1. The lowest BCUT2D eigenvalue weighted by molar-refractivity contribution is -0.130. The molecule has 1 rings (SSSR count). The highest BCUT2D eigenvalue weighted by Crippen LogP contribution is 2.29. The van der Waals surface area contributed by atoms with E-state index in [1.165, 1.54) is 12.8 Å². The van der Waals surface area contributed by atoms with Gasteiger partial charge in [0.05, 0.1) is 0 Å². The monoisotopic (exact) mass is 296 g/mol. The van der Waals surface area contributed by atoms with E-state index in [1.807, 2.05) is 0 Å². The number of hydrogen-bond donors (Lipinski definition) is 2. The Morgan fingerprint density at radius 3 is 1.95 bits per heavy atom. The number of carbonyl (C=O) groups excluding carboxylic acids is 2. The van der Waals surface area contributed by atoms with Gasteiger partial charge in [0.15, 0.2) is 0 Å². The van der Waals surface area contributed by atoms with Crippen molar-refractivity contribution in [2.45, 2.75) is 65.7 Å². The van der Waals surface area contributed by atoms with Gasteiger partial charge < -0.3 is 10.6 Å². The van der Waals surface area contributed by atoms with Crippen molar-refractivity contribution in [3.05, 3.63) is 0 Å². The summed E-state index contributed by atoms with van der Waals surface area (Å²) < 4.78 is 0. The van der Waals surface area contributed by atoms with E-state index in [0.717, 1.165) is 45.2 Å². The zero-order valence-corrected chi connectivity index (χ0v) is 13.9. The molecule has 0 spiro atoms. The SMILES string of the molecule is CCCCCNC(=O)C1CCC(C(=O)NCC(C)C)CC1. The summed E-state index contributed by atoms with van der Waals surface area (Å²) in [6.45, 7) is 7.89. The highest BCUT2D eigenvalue weighted by molar-refractivity contribution is 5.81. The van der Waals surface area contributed by atoms with Gasteiger partial charge in [0, 0.05) is 24.9 Å². The fraction of sp³-hybridized carbons (Fsp3) is 0.882. The van der Waals surface area contributed by atoms with Crippen molar-refractivity contribution in [2.75, 3.05) is 13.1 Å². The minimum atomic E-state index is 0.105. The quantitative estimate of drug-likeness (QED) is 0.677. The first kappa shape index (κ1) is 18.0. The molecule has 0 unspecified atom stereocenters. The second kappa shape index (κ2) is 9.80. The van der Waals surface area contributed by atoms with Gasteiger partial charge in [0.1, 0.15) is 0 Å². The van der Waals surface area contributed by atoms with Crippen LogP contribution in [-0.2, 0) is 9.59 Å². The molecule has 0 radical (unpaired) electrons. The third-order valence-corrected chi connectivity index (χ3v) is 4.23. The first-order valence-electron chi connectivity index (χ1n) is 8.60. The van der Waals surface area contributed by atoms with Crippen LogP contribution in [0.25, 0.3) is 0 Å². The molecule has 0 saturated heterocycles. The Morgan fingerprint density at radius 1 is 0.952 bits per heavy atom. The third-order valence-electron chi connectivity index (χ3n) is 4.23. The molecule has 2 amide bonds. The van der Waals surface area contributed by atoms with Gasteiger partial charge in [-0.25, -0.2) is 0 Å². The Labute approximate surface area is 129 Å². The molecule has 0 aliphatic heterocycles. The topological polar surface area (TPSA) is 58.2 Å². The second-order valence-electron chi connectivity index (χ2n) is 6.69. The average molecular weight is 296 g/mol. The van der Waals surface area contributed by atoms with E-state index in [2.05, 4.69) is 31.4 Å². The molecule has 2 N–H and O–H groups in total. The van der Waals surface area contributed by atoms with Crippen LogP contribution in [0.3, 0.4) is 0 Å².